The smallest absolute Gasteiger partial charge is 0.330 e. The molecule has 1 unspecified atom stereocenters. The van der Waals surface area contributed by atoms with Gasteiger partial charge in [0.1, 0.15) is 6.04 Å². The number of amides is 5. The molecule has 2 aliphatic heterocycles. The molecule has 0 aliphatic carbocycles. The first kappa shape index (κ1) is 31.6. The third-order valence-electron chi connectivity index (χ3n) is 8.45. The first-order valence-corrected chi connectivity index (χ1v) is 14.3. The summed E-state index contributed by atoms with van der Waals surface area (Å²) in [5.41, 5.74) is 5.98. The van der Waals surface area contributed by atoms with Crippen LogP contribution in [0.3, 0.4) is 0 Å². The quantitative estimate of drug-likeness (QED) is 0.376. The maximum absolute atomic E-state index is 14.2. The highest BCUT2D eigenvalue weighted by molar-refractivity contribution is 6.02. The van der Waals surface area contributed by atoms with Crippen molar-refractivity contribution in [2.24, 2.45) is 5.73 Å². The van der Waals surface area contributed by atoms with Crippen LogP contribution in [0.5, 0.6) is 0 Å². The summed E-state index contributed by atoms with van der Waals surface area (Å²) in [6, 6.07) is 9.56. The van der Waals surface area contributed by atoms with E-state index in [9.17, 15) is 28.0 Å². The molecule has 1 fully saturated rings. The standard InChI is InChI=1S/C31H37F2N5O5/c1-4-24-25(27(34)39)26(20-10-11-22(32)23(33)18-20)38(30(42)36-24)29(41)35-15-12-19(2)37-16-13-31(14-17-37,28(40)43-3)21-8-6-5-7-9-21/h5-11,18-19,26H,4,12-17H2,1-3H3,(H2,34,39)(H,35,41)(H,36,42)/t19-,26?/m1/s1. The monoisotopic (exact) mass is 597 g/mol. The van der Waals surface area contributed by atoms with Gasteiger partial charge in [-0.2, -0.15) is 0 Å². The summed E-state index contributed by atoms with van der Waals surface area (Å²) in [6.45, 7) is 5.16. The van der Waals surface area contributed by atoms with Crippen LogP contribution < -0.4 is 16.4 Å². The van der Waals surface area contributed by atoms with Gasteiger partial charge in [-0.15, -0.1) is 0 Å². The van der Waals surface area contributed by atoms with Crippen LogP contribution in [-0.4, -0.2) is 66.5 Å². The molecule has 2 aliphatic rings. The number of benzene rings is 2. The Labute approximate surface area is 249 Å². The molecule has 2 atom stereocenters. The van der Waals surface area contributed by atoms with E-state index in [1.165, 1.54) is 13.2 Å². The van der Waals surface area contributed by atoms with Crippen molar-refractivity contribution < 1.29 is 32.7 Å². The number of nitrogens with one attached hydrogen (secondary N) is 2. The van der Waals surface area contributed by atoms with Crippen molar-refractivity contribution in [2.45, 2.75) is 57.0 Å². The predicted octanol–water partition coefficient (Wildman–Crippen LogP) is 3.88. The Balaban J connectivity index is 1.44. The molecule has 4 N–H and O–H groups in total. The molecule has 43 heavy (non-hydrogen) atoms. The zero-order chi connectivity index (χ0) is 31.3. The van der Waals surface area contributed by atoms with Crippen molar-refractivity contribution in [2.75, 3.05) is 26.7 Å². The summed E-state index contributed by atoms with van der Waals surface area (Å²) in [5, 5.41) is 5.25. The van der Waals surface area contributed by atoms with Crippen molar-refractivity contribution in [3.63, 3.8) is 0 Å². The number of imide groups is 1. The van der Waals surface area contributed by atoms with E-state index in [1.807, 2.05) is 37.3 Å². The largest absolute Gasteiger partial charge is 0.468 e. The zero-order valence-corrected chi connectivity index (χ0v) is 24.5. The van der Waals surface area contributed by atoms with E-state index in [2.05, 4.69) is 15.5 Å². The molecule has 10 nitrogen and oxygen atoms in total. The number of esters is 1. The van der Waals surface area contributed by atoms with Crippen LogP contribution in [0, 0.1) is 11.6 Å². The number of allylic oxidation sites excluding steroid dienone is 1. The molecule has 4 rings (SSSR count). The molecule has 2 aromatic carbocycles. The Bertz CT molecular complexity index is 1410. The summed E-state index contributed by atoms with van der Waals surface area (Å²) in [7, 11) is 1.40. The number of hydrogen-bond acceptors (Lipinski definition) is 6. The molecule has 2 aromatic rings. The van der Waals surface area contributed by atoms with Gasteiger partial charge in [0.2, 0.25) is 5.91 Å². The Morgan fingerprint density at radius 3 is 2.37 bits per heavy atom. The average molecular weight is 598 g/mol. The van der Waals surface area contributed by atoms with Crippen LogP contribution in [0.25, 0.3) is 0 Å². The van der Waals surface area contributed by atoms with Gasteiger partial charge in [-0.1, -0.05) is 43.3 Å². The van der Waals surface area contributed by atoms with Gasteiger partial charge in [-0.05, 0) is 69.0 Å². The Hall–Kier alpha value is -4.32. The fourth-order valence-corrected chi connectivity index (χ4v) is 6.00. The molecular weight excluding hydrogens is 560 g/mol. The number of urea groups is 2. The summed E-state index contributed by atoms with van der Waals surface area (Å²) in [5.74, 6) is -3.46. The highest BCUT2D eigenvalue weighted by Gasteiger charge is 2.45. The number of likely N-dealkylation sites (tertiary alicyclic amines) is 1. The third-order valence-corrected chi connectivity index (χ3v) is 8.45. The average Bonchev–Trinajstić information content (AvgIpc) is 3.01. The highest BCUT2D eigenvalue weighted by atomic mass is 19.2. The number of hydrogen-bond donors (Lipinski definition) is 3. The first-order chi connectivity index (χ1) is 20.5. The van der Waals surface area contributed by atoms with Gasteiger partial charge in [0.25, 0.3) is 0 Å². The molecule has 0 spiro atoms. The molecule has 0 radical (unpaired) electrons. The number of ether oxygens (including phenoxy) is 1. The molecule has 5 amide bonds. The number of halogens is 2. The van der Waals surface area contributed by atoms with Crippen LogP contribution >= 0.6 is 0 Å². The van der Waals surface area contributed by atoms with E-state index in [0.717, 1.165) is 22.6 Å². The molecule has 1 saturated heterocycles. The molecule has 12 heteroatoms. The predicted molar refractivity (Wildman–Crippen MR) is 154 cm³/mol. The van der Waals surface area contributed by atoms with Crippen molar-refractivity contribution in [1.82, 2.24) is 20.4 Å². The van der Waals surface area contributed by atoms with E-state index < -0.39 is 41.1 Å². The van der Waals surface area contributed by atoms with Gasteiger partial charge >= 0.3 is 18.0 Å². The normalized spacial score (nSPS) is 19.4. The molecule has 0 aromatic heterocycles. The molecule has 0 bridgehead atoms. The summed E-state index contributed by atoms with van der Waals surface area (Å²) in [4.78, 5) is 54.7. The number of piperidine rings is 1. The Morgan fingerprint density at radius 2 is 1.79 bits per heavy atom. The van der Waals surface area contributed by atoms with Gasteiger partial charge in [0, 0.05) is 18.3 Å². The summed E-state index contributed by atoms with van der Waals surface area (Å²) < 4.78 is 33.1. The lowest BCUT2D eigenvalue weighted by Crippen LogP contribution is -2.55. The van der Waals surface area contributed by atoms with Crippen LogP contribution in [0.4, 0.5) is 18.4 Å². The minimum Gasteiger partial charge on any atom is -0.468 e. The molecule has 230 valence electrons. The number of nitrogens with two attached hydrogens (primary N) is 1. The number of primary amides is 1. The minimum atomic E-state index is -1.35. The number of rotatable bonds is 9. The van der Waals surface area contributed by atoms with Gasteiger partial charge < -0.3 is 26.0 Å². The van der Waals surface area contributed by atoms with Gasteiger partial charge in [0.05, 0.1) is 18.1 Å². The van der Waals surface area contributed by atoms with Gasteiger partial charge in [0.15, 0.2) is 11.6 Å². The highest BCUT2D eigenvalue weighted by Crippen LogP contribution is 2.38. The second kappa shape index (κ2) is 13.3. The summed E-state index contributed by atoms with van der Waals surface area (Å²) >= 11 is 0. The Kier molecular flexibility index (Phi) is 9.80. The maximum Gasteiger partial charge on any atom is 0.330 e. The lowest BCUT2D eigenvalue weighted by atomic mass is 9.72. The minimum absolute atomic E-state index is 0.0247. The lowest BCUT2D eigenvalue weighted by molar-refractivity contribution is -0.150. The number of nitrogens with zero attached hydrogens (tertiary/aromatic N) is 2. The number of carbonyl (C=O) groups excluding carboxylic acids is 4. The first-order valence-electron chi connectivity index (χ1n) is 14.3. The van der Waals surface area contributed by atoms with E-state index in [0.29, 0.717) is 32.4 Å². The van der Waals surface area contributed by atoms with Crippen LogP contribution in [0.1, 0.15) is 56.7 Å². The fraction of sp³-hybridized carbons (Fsp3) is 0.419. The Morgan fingerprint density at radius 1 is 1.12 bits per heavy atom. The fourth-order valence-electron chi connectivity index (χ4n) is 6.00. The van der Waals surface area contributed by atoms with Crippen molar-refractivity contribution in [3.8, 4) is 0 Å². The van der Waals surface area contributed by atoms with Gasteiger partial charge in [-0.25, -0.2) is 23.3 Å². The topological polar surface area (TPSA) is 134 Å². The van der Waals surface area contributed by atoms with Crippen LogP contribution in [0.2, 0.25) is 0 Å². The van der Waals surface area contributed by atoms with Crippen molar-refractivity contribution in [1.29, 1.82) is 0 Å². The lowest BCUT2D eigenvalue weighted by Gasteiger charge is -2.42. The summed E-state index contributed by atoms with van der Waals surface area (Å²) in [6.07, 6.45) is 1.89. The second-order valence-electron chi connectivity index (χ2n) is 10.8. The maximum atomic E-state index is 14.2. The number of methoxy groups -OCH3 is 1. The number of carbonyl (C=O) groups is 4. The van der Waals surface area contributed by atoms with E-state index in [1.54, 1.807) is 6.92 Å². The third kappa shape index (κ3) is 6.38. The molecular formula is C31H37F2N5O5. The second-order valence-corrected chi connectivity index (χ2v) is 10.8. The molecule has 2 heterocycles. The zero-order valence-electron chi connectivity index (χ0n) is 24.5. The van der Waals surface area contributed by atoms with Crippen LogP contribution in [0.15, 0.2) is 59.8 Å². The SMILES string of the molecule is CCC1=C(C(N)=O)C(c2ccc(F)c(F)c2)N(C(=O)NCC[C@@H](C)N2CCC(C(=O)OC)(c3ccccc3)CC2)C(=O)N1. The van der Waals surface area contributed by atoms with E-state index in [-0.39, 0.29) is 41.8 Å². The van der Waals surface area contributed by atoms with Crippen molar-refractivity contribution in [3.05, 3.63) is 82.6 Å². The van der Waals surface area contributed by atoms with Gasteiger partial charge in [-0.3, -0.25) is 9.59 Å². The molecule has 0 saturated carbocycles. The van der Waals surface area contributed by atoms with Crippen LogP contribution in [-0.2, 0) is 19.7 Å². The van der Waals surface area contributed by atoms with Crippen molar-refractivity contribution >= 4 is 23.9 Å². The van der Waals surface area contributed by atoms with E-state index in [4.69, 9.17) is 10.5 Å². The van der Waals surface area contributed by atoms with E-state index >= 15 is 0 Å².